The molecule has 0 aromatic heterocycles. The topological polar surface area (TPSA) is 0 Å². The lowest BCUT2D eigenvalue weighted by molar-refractivity contribution is -0.890. The van der Waals surface area contributed by atoms with Crippen LogP contribution < -0.4 is 0 Å². The summed E-state index contributed by atoms with van der Waals surface area (Å²) in [4.78, 5) is 0. The van der Waals surface area contributed by atoms with Crippen LogP contribution in [0.5, 0.6) is 0 Å². The summed E-state index contributed by atoms with van der Waals surface area (Å²) in [6.07, 6.45) is 17.1. The molecule has 0 saturated heterocycles. The molecule has 0 bridgehead atoms. The number of hydrogen-bond acceptors (Lipinski definition) is 0. The summed E-state index contributed by atoms with van der Waals surface area (Å²) in [5.74, 6) is 0. The van der Waals surface area contributed by atoms with Gasteiger partial charge in [-0.2, -0.15) is 6.92 Å². The maximum absolute atomic E-state index is 6.10. The fraction of sp³-hybridized carbons (Fsp3) is 0.952. The molecule has 0 aromatic rings. The molecule has 1 atom stereocenters. The molecule has 0 fully saturated rings. The molecule has 0 N–H and O–H groups in total. The molecule has 0 radical (unpaired) electrons. The van der Waals surface area contributed by atoms with Gasteiger partial charge in [-0.3, -0.25) is 0 Å². The first-order valence-corrected chi connectivity index (χ1v) is 10.6. The lowest BCUT2D eigenvalue weighted by atomic mass is 10.1. The van der Waals surface area contributed by atoms with Crippen LogP contribution in [0.25, 0.3) is 0 Å². The van der Waals surface area contributed by atoms with E-state index >= 15 is 0 Å². The first-order valence-electron chi connectivity index (χ1n) is 10.1. The zero-order valence-corrected chi connectivity index (χ0v) is 17.8. The predicted octanol–water partition coefficient (Wildman–Crippen LogP) is 7.23. The Kier molecular flexibility index (Phi) is 20.6. The Labute approximate surface area is 153 Å². The quantitative estimate of drug-likeness (QED) is 0.127. The normalized spacial score (nSPS) is 12.7. The number of alkyl halides is 1. The van der Waals surface area contributed by atoms with Gasteiger partial charge < -0.3 is 11.4 Å². The van der Waals surface area contributed by atoms with E-state index in [-0.39, 0.29) is 5.38 Å². The summed E-state index contributed by atoms with van der Waals surface area (Å²) in [5.41, 5.74) is 0. The maximum Gasteiger partial charge on any atom is 0.0946 e. The van der Waals surface area contributed by atoms with Crippen LogP contribution in [0.2, 0.25) is 0 Å². The molecule has 0 aliphatic carbocycles. The molecule has 0 heterocycles. The van der Waals surface area contributed by atoms with Gasteiger partial charge in [0, 0.05) is 0 Å². The van der Waals surface area contributed by atoms with Gasteiger partial charge in [0.25, 0.3) is 0 Å². The van der Waals surface area contributed by atoms with Crippen molar-refractivity contribution in [2.24, 2.45) is 0 Å². The number of halogens is 1. The highest BCUT2D eigenvalue weighted by Crippen LogP contribution is 2.13. The Morgan fingerprint density at radius 2 is 1.09 bits per heavy atom. The van der Waals surface area contributed by atoms with Crippen LogP contribution in [0.1, 0.15) is 97.8 Å². The third-order valence-electron chi connectivity index (χ3n) is 4.36. The lowest BCUT2D eigenvalue weighted by Gasteiger charge is -2.30. The lowest BCUT2D eigenvalue weighted by Crippen LogP contribution is -2.44. The van der Waals surface area contributed by atoms with Crippen LogP contribution in [-0.4, -0.2) is 37.0 Å². The first kappa shape index (κ1) is 25.5. The van der Waals surface area contributed by atoms with Gasteiger partial charge in [-0.1, -0.05) is 71.1 Å². The molecule has 23 heavy (non-hydrogen) atoms. The summed E-state index contributed by atoms with van der Waals surface area (Å²) in [6.45, 7) is 11.7. The molecule has 2 heteroatoms. The van der Waals surface area contributed by atoms with E-state index in [9.17, 15) is 0 Å². The smallest absolute Gasteiger partial charge is 0.0946 e. The van der Waals surface area contributed by atoms with Crippen molar-refractivity contribution in [2.75, 3.05) is 27.2 Å². The summed E-state index contributed by atoms with van der Waals surface area (Å²) in [5, 5.41) is 0.289. The van der Waals surface area contributed by atoms with Crippen molar-refractivity contribution in [1.82, 2.24) is 0 Å². The van der Waals surface area contributed by atoms with Crippen LogP contribution in [0, 0.1) is 6.92 Å². The SMILES string of the molecule is CCCCCCCCCCCCCC[N+](C)(C)CC(C)Cl.[CH2-]C. The van der Waals surface area contributed by atoms with Crippen molar-refractivity contribution >= 4 is 11.6 Å². The van der Waals surface area contributed by atoms with Crippen LogP contribution >= 0.6 is 11.6 Å². The highest BCUT2D eigenvalue weighted by atomic mass is 35.5. The second kappa shape index (κ2) is 18.6. The van der Waals surface area contributed by atoms with Crippen molar-refractivity contribution in [3.8, 4) is 0 Å². The van der Waals surface area contributed by atoms with Crippen LogP contribution in [0.3, 0.4) is 0 Å². The largest absolute Gasteiger partial charge is 0.346 e. The van der Waals surface area contributed by atoms with E-state index in [2.05, 4.69) is 34.9 Å². The Bertz CT molecular complexity index is 214. The molecular formula is C21H46ClN. The number of hydrogen-bond donors (Lipinski definition) is 0. The molecule has 0 aromatic carbocycles. The zero-order valence-electron chi connectivity index (χ0n) is 17.0. The molecule has 0 rings (SSSR count). The molecule has 1 unspecified atom stereocenters. The highest BCUT2D eigenvalue weighted by molar-refractivity contribution is 6.20. The van der Waals surface area contributed by atoms with Gasteiger partial charge >= 0.3 is 0 Å². The van der Waals surface area contributed by atoms with E-state index < -0.39 is 0 Å². The Morgan fingerprint density at radius 1 is 0.739 bits per heavy atom. The van der Waals surface area contributed by atoms with Crippen molar-refractivity contribution in [3.05, 3.63) is 6.92 Å². The number of unbranched alkanes of at least 4 members (excludes halogenated alkanes) is 11. The third kappa shape index (κ3) is 22.2. The van der Waals surface area contributed by atoms with Crippen LogP contribution in [0.15, 0.2) is 0 Å². The standard InChI is InChI=1S/C19H41ClN.C2H5/c1-5-6-7-8-9-10-11-12-13-14-15-16-17-21(3,4)18-19(2)20;1-2/h19H,5-18H2,1-4H3;1H2,2H3/q+1;-1. The minimum Gasteiger partial charge on any atom is -0.346 e. The number of nitrogens with zero attached hydrogens (tertiary/aromatic N) is 1. The minimum atomic E-state index is 0.289. The fourth-order valence-electron chi connectivity index (χ4n) is 3.15. The van der Waals surface area contributed by atoms with E-state index in [1.165, 1.54) is 83.6 Å². The van der Waals surface area contributed by atoms with Gasteiger partial charge in [0.15, 0.2) is 0 Å². The first-order chi connectivity index (χ1) is 11.0. The molecule has 0 spiro atoms. The maximum atomic E-state index is 6.10. The summed E-state index contributed by atoms with van der Waals surface area (Å²) >= 11 is 6.10. The van der Waals surface area contributed by atoms with Gasteiger partial charge in [-0.05, 0) is 19.8 Å². The van der Waals surface area contributed by atoms with Gasteiger partial charge in [-0.25, -0.2) is 0 Å². The average molecular weight is 348 g/mol. The summed E-state index contributed by atoms with van der Waals surface area (Å²) in [7, 11) is 4.61. The molecule has 142 valence electrons. The van der Waals surface area contributed by atoms with E-state index in [4.69, 9.17) is 11.6 Å². The molecule has 0 aliphatic heterocycles. The zero-order chi connectivity index (χ0) is 18.0. The highest BCUT2D eigenvalue weighted by Gasteiger charge is 2.16. The Balaban J connectivity index is 0. The third-order valence-corrected chi connectivity index (χ3v) is 4.50. The molecular weight excluding hydrogens is 302 g/mol. The van der Waals surface area contributed by atoms with E-state index in [0.717, 1.165) is 11.0 Å². The molecule has 0 saturated carbocycles. The monoisotopic (exact) mass is 347 g/mol. The molecule has 0 aliphatic rings. The molecule has 0 amide bonds. The number of rotatable bonds is 15. The van der Waals surface area contributed by atoms with Crippen molar-refractivity contribution < 1.29 is 4.48 Å². The van der Waals surface area contributed by atoms with E-state index in [1.807, 2.05) is 0 Å². The van der Waals surface area contributed by atoms with Crippen LogP contribution in [-0.2, 0) is 0 Å². The summed E-state index contributed by atoms with van der Waals surface area (Å²) in [6, 6.07) is 0. The van der Waals surface area contributed by atoms with Crippen molar-refractivity contribution in [3.63, 3.8) is 0 Å². The summed E-state index contributed by atoms with van der Waals surface area (Å²) < 4.78 is 1.07. The van der Waals surface area contributed by atoms with Crippen LogP contribution in [0.4, 0.5) is 0 Å². The average Bonchev–Trinajstić information content (AvgIpc) is 2.49. The minimum absolute atomic E-state index is 0.289. The van der Waals surface area contributed by atoms with Crippen molar-refractivity contribution in [1.29, 1.82) is 0 Å². The number of quaternary nitrogens is 1. The van der Waals surface area contributed by atoms with Gasteiger partial charge in [0.05, 0.1) is 32.6 Å². The molecule has 1 nitrogen and oxygen atoms in total. The van der Waals surface area contributed by atoms with Gasteiger partial charge in [0.2, 0.25) is 0 Å². The van der Waals surface area contributed by atoms with E-state index in [1.54, 1.807) is 6.92 Å². The predicted molar refractivity (Wildman–Crippen MR) is 109 cm³/mol. The Morgan fingerprint density at radius 3 is 1.43 bits per heavy atom. The Hall–Kier alpha value is 0.250. The fourth-order valence-corrected chi connectivity index (χ4v) is 3.53. The van der Waals surface area contributed by atoms with Gasteiger partial charge in [0.1, 0.15) is 0 Å². The van der Waals surface area contributed by atoms with E-state index in [0.29, 0.717) is 0 Å². The van der Waals surface area contributed by atoms with Gasteiger partial charge in [-0.15, -0.1) is 11.6 Å². The second-order valence-electron chi connectivity index (χ2n) is 7.51. The second-order valence-corrected chi connectivity index (χ2v) is 8.26. The van der Waals surface area contributed by atoms with Crippen molar-refractivity contribution in [2.45, 2.75) is 103 Å².